The van der Waals surface area contributed by atoms with Gasteiger partial charge in [0.1, 0.15) is 0 Å². The van der Waals surface area contributed by atoms with E-state index in [9.17, 15) is 9.59 Å². The van der Waals surface area contributed by atoms with Crippen LogP contribution in [-0.4, -0.2) is 41.0 Å². The zero-order valence-corrected chi connectivity index (χ0v) is 12.8. The normalized spacial score (nSPS) is 14.2. The fraction of sp³-hybridized carbons (Fsp3) is 0.429. The molecule has 7 heteroatoms. The van der Waals surface area contributed by atoms with Crippen molar-refractivity contribution in [2.24, 2.45) is 0 Å². The van der Waals surface area contributed by atoms with E-state index in [0.717, 1.165) is 12.8 Å². The standard InChI is InChI=1S/C14H16Cl2N2O3/c15-11-4-1-9(7-12(11)16)17-13(19)8-18(10-2-3-10)6-5-14(20)21/h1,4,7,10H,2-3,5-6,8H2,(H,17,19)(H,20,21). The third-order valence-corrected chi connectivity index (χ3v) is 3.97. The van der Waals surface area contributed by atoms with E-state index in [-0.39, 0.29) is 18.9 Å². The molecule has 1 amide bonds. The van der Waals surface area contributed by atoms with Gasteiger partial charge in [-0.1, -0.05) is 23.2 Å². The molecule has 1 saturated carbocycles. The minimum absolute atomic E-state index is 0.0382. The van der Waals surface area contributed by atoms with Crippen molar-refractivity contribution in [3.8, 4) is 0 Å². The number of nitrogens with zero attached hydrogens (tertiary/aromatic N) is 1. The Morgan fingerprint density at radius 2 is 2.00 bits per heavy atom. The molecule has 0 heterocycles. The third kappa shape index (κ3) is 5.19. The van der Waals surface area contributed by atoms with Crippen molar-refractivity contribution >= 4 is 40.8 Å². The smallest absolute Gasteiger partial charge is 0.304 e. The number of hydrogen-bond donors (Lipinski definition) is 2. The number of aliphatic carboxylic acids is 1. The molecule has 0 atom stereocenters. The molecule has 0 spiro atoms. The van der Waals surface area contributed by atoms with E-state index >= 15 is 0 Å². The highest BCUT2D eigenvalue weighted by molar-refractivity contribution is 6.42. The molecule has 2 rings (SSSR count). The van der Waals surface area contributed by atoms with E-state index < -0.39 is 5.97 Å². The molecular formula is C14H16Cl2N2O3. The summed E-state index contributed by atoms with van der Waals surface area (Å²) < 4.78 is 0. The Morgan fingerprint density at radius 1 is 1.29 bits per heavy atom. The van der Waals surface area contributed by atoms with Crippen LogP contribution in [0, 0.1) is 0 Å². The van der Waals surface area contributed by atoms with Gasteiger partial charge in [-0.05, 0) is 31.0 Å². The maximum absolute atomic E-state index is 12.0. The van der Waals surface area contributed by atoms with Gasteiger partial charge in [-0.25, -0.2) is 0 Å². The molecule has 1 aromatic rings. The van der Waals surface area contributed by atoms with Crippen LogP contribution in [0.5, 0.6) is 0 Å². The highest BCUT2D eigenvalue weighted by Gasteiger charge is 2.30. The lowest BCUT2D eigenvalue weighted by Crippen LogP contribution is -2.36. The largest absolute Gasteiger partial charge is 0.481 e. The molecule has 1 aliphatic rings. The predicted octanol–water partition coefficient (Wildman–Crippen LogP) is 2.87. The molecule has 5 nitrogen and oxygen atoms in total. The van der Waals surface area contributed by atoms with Crippen LogP contribution >= 0.6 is 23.2 Å². The number of anilines is 1. The van der Waals surface area contributed by atoms with Gasteiger partial charge in [-0.2, -0.15) is 0 Å². The predicted molar refractivity (Wildman–Crippen MR) is 81.9 cm³/mol. The summed E-state index contributed by atoms with van der Waals surface area (Å²) in [4.78, 5) is 24.6. The molecule has 1 fully saturated rings. The summed E-state index contributed by atoms with van der Waals surface area (Å²) in [6.45, 7) is 0.562. The summed E-state index contributed by atoms with van der Waals surface area (Å²) >= 11 is 11.7. The molecule has 0 bridgehead atoms. The SMILES string of the molecule is O=C(O)CCN(CC(=O)Nc1ccc(Cl)c(Cl)c1)C1CC1. The lowest BCUT2D eigenvalue weighted by molar-refractivity contribution is -0.137. The van der Waals surface area contributed by atoms with Gasteiger partial charge in [-0.3, -0.25) is 14.5 Å². The Kier molecular flexibility index (Phi) is 5.45. The van der Waals surface area contributed by atoms with Crippen molar-refractivity contribution in [1.29, 1.82) is 0 Å². The molecule has 0 aliphatic heterocycles. The highest BCUT2D eigenvalue weighted by Crippen LogP contribution is 2.27. The molecule has 0 unspecified atom stereocenters. The highest BCUT2D eigenvalue weighted by atomic mass is 35.5. The first-order valence-electron chi connectivity index (χ1n) is 6.66. The van der Waals surface area contributed by atoms with E-state index in [4.69, 9.17) is 28.3 Å². The topological polar surface area (TPSA) is 69.6 Å². The number of carbonyl (C=O) groups is 2. The van der Waals surface area contributed by atoms with Crippen molar-refractivity contribution in [3.05, 3.63) is 28.2 Å². The number of carboxylic acids is 1. The quantitative estimate of drug-likeness (QED) is 0.806. The summed E-state index contributed by atoms with van der Waals surface area (Å²) in [5.74, 6) is -1.05. The molecule has 1 aliphatic carbocycles. The van der Waals surface area contributed by atoms with Crippen LogP contribution < -0.4 is 5.32 Å². The number of halogens is 2. The first-order valence-corrected chi connectivity index (χ1v) is 7.42. The molecule has 0 saturated heterocycles. The zero-order valence-electron chi connectivity index (χ0n) is 11.3. The average molecular weight is 331 g/mol. The van der Waals surface area contributed by atoms with Crippen LogP contribution in [0.15, 0.2) is 18.2 Å². The minimum atomic E-state index is -0.856. The van der Waals surface area contributed by atoms with Gasteiger partial charge in [0.15, 0.2) is 0 Å². The molecule has 114 valence electrons. The van der Waals surface area contributed by atoms with Crippen molar-refractivity contribution in [2.75, 3.05) is 18.4 Å². The summed E-state index contributed by atoms with van der Waals surface area (Å²) in [5, 5.41) is 12.3. The Labute approximate surface area is 132 Å². The molecule has 1 aromatic carbocycles. The lowest BCUT2D eigenvalue weighted by Gasteiger charge is -2.20. The van der Waals surface area contributed by atoms with Gasteiger partial charge < -0.3 is 10.4 Å². The second-order valence-corrected chi connectivity index (χ2v) is 5.84. The number of benzene rings is 1. The van der Waals surface area contributed by atoms with E-state index in [0.29, 0.717) is 28.3 Å². The summed E-state index contributed by atoms with van der Waals surface area (Å²) in [6, 6.07) is 5.19. The van der Waals surface area contributed by atoms with E-state index in [1.165, 1.54) is 0 Å². The van der Waals surface area contributed by atoms with Gasteiger partial charge in [0.2, 0.25) is 5.91 Å². The van der Waals surface area contributed by atoms with E-state index in [2.05, 4.69) is 5.32 Å². The molecular weight excluding hydrogens is 315 g/mol. The first-order chi connectivity index (χ1) is 9.95. The Hall–Kier alpha value is -1.30. The van der Waals surface area contributed by atoms with E-state index in [1.807, 2.05) is 4.90 Å². The lowest BCUT2D eigenvalue weighted by atomic mass is 10.3. The maximum atomic E-state index is 12.0. The average Bonchev–Trinajstić information content (AvgIpc) is 3.23. The molecule has 2 N–H and O–H groups in total. The molecule has 0 radical (unpaired) electrons. The Bertz CT molecular complexity index is 547. The van der Waals surface area contributed by atoms with Crippen LogP contribution in [0.25, 0.3) is 0 Å². The number of nitrogens with one attached hydrogen (secondary N) is 1. The monoisotopic (exact) mass is 330 g/mol. The molecule has 0 aromatic heterocycles. The van der Waals surface area contributed by atoms with Crippen LogP contribution in [-0.2, 0) is 9.59 Å². The van der Waals surface area contributed by atoms with Crippen molar-refractivity contribution in [2.45, 2.75) is 25.3 Å². The number of rotatable bonds is 7. The number of carboxylic acid groups (broad SMARTS) is 1. The van der Waals surface area contributed by atoms with Crippen LogP contribution in [0.4, 0.5) is 5.69 Å². The van der Waals surface area contributed by atoms with Crippen molar-refractivity contribution < 1.29 is 14.7 Å². The fourth-order valence-corrected chi connectivity index (χ4v) is 2.33. The summed E-state index contributed by atoms with van der Waals surface area (Å²) in [5.41, 5.74) is 0.573. The second kappa shape index (κ2) is 7.11. The fourth-order valence-electron chi connectivity index (χ4n) is 2.03. The number of hydrogen-bond acceptors (Lipinski definition) is 3. The summed E-state index contributed by atoms with van der Waals surface area (Å²) in [7, 11) is 0. The maximum Gasteiger partial charge on any atom is 0.304 e. The van der Waals surface area contributed by atoms with Crippen LogP contribution in [0.1, 0.15) is 19.3 Å². The van der Waals surface area contributed by atoms with Gasteiger partial charge in [0, 0.05) is 18.3 Å². The van der Waals surface area contributed by atoms with Gasteiger partial charge in [0.05, 0.1) is 23.0 Å². The van der Waals surface area contributed by atoms with Crippen molar-refractivity contribution in [3.63, 3.8) is 0 Å². The Balaban J connectivity index is 1.89. The number of carbonyl (C=O) groups excluding carboxylic acids is 1. The molecule has 21 heavy (non-hydrogen) atoms. The second-order valence-electron chi connectivity index (χ2n) is 5.02. The van der Waals surface area contributed by atoms with Crippen LogP contribution in [0.3, 0.4) is 0 Å². The van der Waals surface area contributed by atoms with Gasteiger partial charge >= 0.3 is 5.97 Å². The summed E-state index contributed by atoms with van der Waals surface area (Å²) in [6.07, 6.45) is 2.07. The van der Waals surface area contributed by atoms with Gasteiger partial charge in [-0.15, -0.1) is 0 Å². The zero-order chi connectivity index (χ0) is 15.4. The number of amides is 1. The third-order valence-electron chi connectivity index (χ3n) is 3.23. The first kappa shape index (κ1) is 16.1. The van der Waals surface area contributed by atoms with Crippen molar-refractivity contribution in [1.82, 2.24) is 4.90 Å². The minimum Gasteiger partial charge on any atom is -0.481 e. The van der Waals surface area contributed by atoms with Gasteiger partial charge in [0.25, 0.3) is 0 Å². The van der Waals surface area contributed by atoms with E-state index in [1.54, 1.807) is 18.2 Å². The Morgan fingerprint density at radius 3 is 2.57 bits per heavy atom. The van der Waals surface area contributed by atoms with Crippen LogP contribution in [0.2, 0.25) is 10.0 Å².